The lowest BCUT2D eigenvalue weighted by atomic mass is 9.89. The summed E-state index contributed by atoms with van der Waals surface area (Å²) in [4.78, 5) is 15.0. The topological polar surface area (TPSA) is 32.3 Å². The fourth-order valence-corrected chi connectivity index (χ4v) is 3.48. The maximum absolute atomic E-state index is 12.8. The fourth-order valence-electron chi connectivity index (χ4n) is 3.48. The predicted molar refractivity (Wildman–Crippen MR) is 91.7 cm³/mol. The fraction of sp³-hybridized carbons (Fsp3) is 0.632. The van der Waals surface area contributed by atoms with Crippen molar-refractivity contribution in [1.82, 2.24) is 10.2 Å². The molecule has 1 N–H and O–H groups in total. The van der Waals surface area contributed by atoms with Crippen LogP contribution in [0.25, 0.3) is 0 Å². The van der Waals surface area contributed by atoms with E-state index in [9.17, 15) is 4.79 Å². The summed E-state index contributed by atoms with van der Waals surface area (Å²) in [6.07, 6.45) is 6.52. The van der Waals surface area contributed by atoms with Gasteiger partial charge in [-0.05, 0) is 37.4 Å². The first kappa shape index (κ1) is 17.0. The molecule has 0 saturated heterocycles. The normalized spacial score (nSPS) is 17.4. The lowest BCUT2D eigenvalue weighted by Gasteiger charge is -2.30. The lowest BCUT2D eigenvalue weighted by Crippen LogP contribution is -2.42. The Morgan fingerprint density at radius 3 is 2.36 bits per heavy atom. The number of nitrogens with zero attached hydrogens (tertiary/aromatic N) is 1. The van der Waals surface area contributed by atoms with Gasteiger partial charge in [0.25, 0.3) is 0 Å². The van der Waals surface area contributed by atoms with Crippen molar-refractivity contribution in [3.63, 3.8) is 0 Å². The van der Waals surface area contributed by atoms with Gasteiger partial charge in [-0.1, -0.05) is 63.4 Å². The number of hydrogen-bond donors (Lipinski definition) is 1. The van der Waals surface area contributed by atoms with Gasteiger partial charge in [-0.15, -0.1) is 0 Å². The molecule has 3 heteroatoms. The van der Waals surface area contributed by atoms with Crippen molar-refractivity contribution in [2.75, 3.05) is 19.6 Å². The van der Waals surface area contributed by atoms with Crippen LogP contribution in [-0.4, -0.2) is 30.4 Å². The third-order valence-corrected chi connectivity index (χ3v) is 4.83. The summed E-state index contributed by atoms with van der Waals surface area (Å²) in [5.74, 6) is 0.825. The first-order valence-electron chi connectivity index (χ1n) is 8.83. The van der Waals surface area contributed by atoms with Gasteiger partial charge in [0.2, 0.25) is 5.91 Å². The van der Waals surface area contributed by atoms with E-state index in [4.69, 9.17) is 0 Å². The zero-order valence-corrected chi connectivity index (χ0v) is 14.1. The summed E-state index contributed by atoms with van der Waals surface area (Å²) < 4.78 is 0. The molecule has 3 nitrogen and oxygen atoms in total. The first-order chi connectivity index (χ1) is 10.8. The summed E-state index contributed by atoms with van der Waals surface area (Å²) in [5.41, 5.74) is 1.09. The smallest absolute Gasteiger partial charge is 0.241 e. The van der Waals surface area contributed by atoms with Crippen molar-refractivity contribution in [1.29, 1.82) is 0 Å². The molecule has 1 atom stereocenters. The molecule has 1 amide bonds. The molecule has 0 radical (unpaired) electrons. The molecule has 1 fully saturated rings. The van der Waals surface area contributed by atoms with Gasteiger partial charge >= 0.3 is 0 Å². The highest BCUT2D eigenvalue weighted by molar-refractivity contribution is 5.83. The van der Waals surface area contributed by atoms with Gasteiger partial charge < -0.3 is 5.32 Å². The number of likely N-dealkylation sites (N-methyl/N-ethyl adjacent to an activating group) is 1. The highest BCUT2D eigenvalue weighted by Crippen LogP contribution is 2.24. The number of carbonyl (C=O) groups excluding carboxylic acids is 1. The maximum atomic E-state index is 12.8. The van der Waals surface area contributed by atoms with Crippen LogP contribution < -0.4 is 5.32 Å². The lowest BCUT2D eigenvalue weighted by molar-refractivity contribution is -0.126. The summed E-state index contributed by atoms with van der Waals surface area (Å²) in [6.45, 7) is 6.84. The van der Waals surface area contributed by atoms with Gasteiger partial charge in [-0.2, -0.15) is 0 Å². The van der Waals surface area contributed by atoms with Crippen molar-refractivity contribution in [2.45, 2.75) is 52.0 Å². The summed E-state index contributed by atoms with van der Waals surface area (Å²) >= 11 is 0. The number of hydrogen-bond acceptors (Lipinski definition) is 2. The number of benzene rings is 1. The van der Waals surface area contributed by atoms with E-state index in [1.165, 1.54) is 32.1 Å². The molecule has 1 unspecified atom stereocenters. The molecule has 2 rings (SSSR count). The van der Waals surface area contributed by atoms with Crippen LogP contribution in [0.1, 0.15) is 57.6 Å². The number of rotatable bonds is 7. The molecule has 1 aliphatic carbocycles. The van der Waals surface area contributed by atoms with E-state index < -0.39 is 0 Å². The second-order valence-electron chi connectivity index (χ2n) is 6.28. The van der Waals surface area contributed by atoms with Crippen molar-refractivity contribution < 1.29 is 4.79 Å². The molecule has 0 spiro atoms. The zero-order valence-electron chi connectivity index (χ0n) is 14.1. The third kappa shape index (κ3) is 4.57. The Hall–Kier alpha value is -1.35. The van der Waals surface area contributed by atoms with Crippen molar-refractivity contribution in [2.24, 2.45) is 5.92 Å². The second-order valence-corrected chi connectivity index (χ2v) is 6.28. The second kappa shape index (κ2) is 8.94. The van der Waals surface area contributed by atoms with Crippen LogP contribution in [0.15, 0.2) is 30.3 Å². The van der Waals surface area contributed by atoms with Crippen LogP contribution in [0.5, 0.6) is 0 Å². The Morgan fingerprint density at radius 2 is 1.77 bits per heavy atom. The van der Waals surface area contributed by atoms with Gasteiger partial charge in [-0.25, -0.2) is 0 Å². The van der Waals surface area contributed by atoms with Gasteiger partial charge in [0.15, 0.2) is 0 Å². The van der Waals surface area contributed by atoms with E-state index in [1.807, 2.05) is 18.2 Å². The molecule has 0 bridgehead atoms. The molecule has 1 aromatic carbocycles. The molecule has 1 saturated carbocycles. The Morgan fingerprint density at radius 1 is 1.14 bits per heavy atom. The summed E-state index contributed by atoms with van der Waals surface area (Å²) in [5, 5.41) is 3.22. The highest BCUT2D eigenvalue weighted by atomic mass is 16.2. The SMILES string of the molecule is CCN(CC)C(C(=O)NCC1CCCCC1)c1ccccc1. The van der Waals surface area contributed by atoms with Crippen LogP contribution in [0.4, 0.5) is 0 Å². The Bertz CT molecular complexity index is 436. The quantitative estimate of drug-likeness (QED) is 0.831. The third-order valence-electron chi connectivity index (χ3n) is 4.83. The monoisotopic (exact) mass is 302 g/mol. The van der Waals surface area contributed by atoms with E-state index in [-0.39, 0.29) is 11.9 Å². The van der Waals surface area contributed by atoms with Crippen LogP contribution in [-0.2, 0) is 4.79 Å². The molecule has 0 aliphatic heterocycles. The standard InChI is InChI=1S/C19H30N2O/c1-3-21(4-2)18(17-13-9-6-10-14-17)19(22)20-15-16-11-7-5-8-12-16/h6,9-10,13-14,16,18H,3-5,7-8,11-12,15H2,1-2H3,(H,20,22). The Labute approximate surface area is 135 Å². The van der Waals surface area contributed by atoms with Crippen LogP contribution in [0.3, 0.4) is 0 Å². The van der Waals surface area contributed by atoms with E-state index >= 15 is 0 Å². The van der Waals surface area contributed by atoms with E-state index in [0.717, 1.165) is 25.2 Å². The van der Waals surface area contributed by atoms with Gasteiger partial charge in [-0.3, -0.25) is 9.69 Å². The number of amides is 1. The molecule has 1 aromatic rings. The summed E-state index contributed by atoms with van der Waals surface area (Å²) in [7, 11) is 0. The summed E-state index contributed by atoms with van der Waals surface area (Å²) in [6, 6.07) is 9.98. The van der Waals surface area contributed by atoms with E-state index in [0.29, 0.717) is 5.92 Å². The molecular formula is C19H30N2O. The van der Waals surface area contributed by atoms with Crippen molar-refractivity contribution in [3.8, 4) is 0 Å². The largest absolute Gasteiger partial charge is 0.354 e. The van der Waals surface area contributed by atoms with Gasteiger partial charge in [0.05, 0.1) is 0 Å². The Kier molecular flexibility index (Phi) is 6.91. The van der Waals surface area contributed by atoms with Gasteiger partial charge in [0.1, 0.15) is 6.04 Å². The minimum atomic E-state index is -0.167. The number of carbonyl (C=O) groups is 1. The van der Waals surface area contributed by atoms with Crippen LogP contribution in [0, 0.1) is 5.92 Å². The van der Waals surface area contributed by atoms with Gasteiger partial charge in [0, 0.05) is 6.54 Å². The Balaban J connectivity index is 2.02. The predicted octanol–water partition coefficient (Wildman–Crippen LogP) is 3.77. The first-order valence-corrected chi connectivity index (χ1v) is 8.83. The molecule has 122 valence electrons. The zero-order chi connectivity index (χ0) is 15.8. The molecule has 22 heavy (non-hydrogen) atoms. The van der Waals surface area contributed by atoms with E-state index in [2.05, 4.69) is 36.2 Å². The minimum absolute atomic E-state index is 0.153. The average molecular weight is 302 g/mol. The van der Waals surface area contributed by atoms with E-state index in [1.54, 1.807) is 0 Å². The van der Waals surface area contributed by atoms with Crippen LogP contribution in [0.2, 0.25) is 0 Å². The average Bonchev–Trinajstić information content (AvgIpc) is 2.59. The number of nitrogens with one attached hydrogen (secondary N) is 1. The van der Waals surface area contributed by atoms with Crippen molar-refractivity contribution >= 4 is 5.91 Å². The molecular weight excluding hydrogens is 272 g/mol. The van der Waals surface area contributed by atoms with Crippen molar-refractivity contribution in [3.05, 3.63) is 35.9 Å². The molecule has 0 aromatic heterocycles. The molecule has 1 aliphatic rings. The molecule has 0 heterocycles. The minimum Gasteiger partial charge on any atom is -0.354 e. The van der Waals surface area contributed by atoms with Crippen LogP contribution >= 0.6 is 0 Å². The maximum Gasteiger partial charge on any atom is 0.241 e. The highest BCUT2D eigenvalue weighted by Gasteiger charge is 2.26.